The maximum Gasteiger partial charge on any atom is 0.0948 e. The highest BCUT2D eigenvalue weighted by Crippen LogP contribution is 2.50. The van der Waals surface area contributed by atoms with Crippen LogP contribution in [0.5, 0.6) is 0 Å². The second kappa shape index (κ2) is 2.13. The van der Waals surface area contributed by atoms with Crippen LogP contribution in [0.4, 0.5) is 5.69 Å². The van der Waals surface area contributed by atoms with Crippen LogP contribution in [0.1, 0.15) is 25.3 Å². The van der Waals surface area contributed by atoms with Gasteiger partial charge in [0.15, 0.2) is 0 Å². The lowest BCUT2D eigenvalue weighted by Crippen LogP contribution is -2.10. The van der Waals surface area contributed by atoms with Crippen molar-refractivity contribution in [3.8, 4) is 0 Å². The molecule has 0 bridgehead atoms. The SMILES string of the molecule is CC1(C2=N[N]c3ccccc32)CC1. The van der Waals surface area contributed by atoms with E-state index in [1.54, 1.807) is 0 Å². The molecule has 1 aliphatic carbocycles. The average Bonchev–Trinajstić information content (AvgIpc) is 2.76. The number of benzene rings is 1. The van der Waals surface area contributed by atoms with E-state index >= 15 is 0 Å². The summed E-state index contributed by atoms with van der Waals surface area (Å²) in [4.78, 5) is 0. The third-order valence-electron chi connectivity index (χ3n) is 2.99. The molecule has 0 aromatic heterocycles. The van der Waals surface area contributed by atoms with E-state index in [-0.39, 0.29) is 0 Å². The molecule has 1 fully saturated rings. The second-order valence-electron chi connectivity index (χ2n) is 4.13. The summed E-state index contributed by atoms with van der Waals surface area (Å²) in [6, 6.07) is 8.21. The Labute approximate surface area is 77.7 Å². The van der Waals surface area contributed by atoms with Gasteiger partial charge in [0.25, 0.3) is 0 Å². The molecule has 2 nitrogen and oxygen atoms in total. The minimum Gasteiger partial charge on any atom is -0.154 e. The fraction of sp³-hybridized carbons (Fsp3) is 0.364. The highest BCUT2D eigenvalue weighted by atomic mass is 15.3. The molecule has 0 saturated heterocycles. The molecule has 1 aromatic carbocycles. The smallest absolute Gasteiger partial charge is 0.0948 e. The number of hydrogen-bond acceptors (Lipinski definition) is 1. The summed E-state index contributed by atoms with van der Waals surface area (Å²) in [5.41, 5.74) is 7.97. The molecule has 0 spiro atoms. The monoisotopic (exact) mass is 171 g/mol. The van der Waals surface area contributed by atoms with Crippen molar-refractivity contribution < 1.29 is 0 Å². The van der Waals surface area contributed by atoms with Gasteiger partial charge in [0.05, 0.1) is 11.4 Å². The van der Waals surface area contributed by atoms with Gasteiger partial charge in [-0.25, -0.2) is 0 Å². The van der Waals surface area contributed by atoms with Crippen LogP contribution < -0.4 is 5.43 Å². The van der Waals surface area contributed by atoms with Gasteiger partial charge in [0.1, 0.15) is 0 Å². The van der Waals surface area contributed by atoms with Crippen molar-refractivity contribution in [2.24, 2.45) is 10.5 Å². The maximum atomic E-state index is 4.28. The van der Waals surface area contributed by atoms with E-state index in [0.717, 1.165) is 5.69 Å². The largest absolute Gasteiger partial charge is 0.154 e. The molecule has 1 aliphatic heterocycles. The van der Waals surface area contributed by atoms with Gasteiger partial charge < -0.3 is 0 Å². The van der Waals surface area contributed by atoms with E-state index in [2.05, 4.69) is 29.6 Å². The lowest BCUT2D eigenvalue weighted by atomic mass is 9.96. The van der Waals surface area contributed by atoms with Gasteiger partial charge in [0, 0.05) is 11.0 Å². The number of hydrogen-bond donors (Lipinski definition) is 0. The van der Waals surface area contributed by atoms with Crippen LogP contribution in [0.2, 0.25) is 0 Å². The second-order valence-corrected chi connectivity index (χ2v) is 4.13. The Balaban J connectivity index is 2.10. The molecule has 1 saturated carbocycles. The number of fused-ring (bicyclic) bond motifs is 1. The lowest BCUT2D eigenvalue weighted by Gasteiger charge is -2.07. The predicted octanol–water partition coefficient (Wildman–Crippen LogP) is 2.44. The third-order valence-corrected chi connectivity index (χ3v) is 2.99. The van der Waals surface area contributed by atoms with Crippen molar-refractivity contribution in [3.63, 3.8) is 0 Å². The number of nitrogens with zero attached hydrogens (tertiary/aromatic N) is 2. The van der Waals surface area contributed by atoms with Crippen molar-refractivity contribution in [3.05, 3.63) is 29.8 Å². The Hall–Kier alpha value is -1.31. The zero-order valence-corrected chi connectivity index (χ0v) is 7.62. The first kappa shape index (κ1) is 7.13. The summed E-state index contributed by atoms with van der Waals surface area (Å²) in [5, 5.41) is 4.28. The van der Waals surface area contributed by atoms with Crippen LogP contribution in [-0.4, -0.2) is 5.71 Å². The Morgan fingerprint density at radius 1 is 1.23 bits per heavy atom. The molecule has 2 heteroatoms. The summed E-state index contributed by atoms with van der Waals surface area (Å²) >= 11 is 0. The highest BCUT2D eigenvalue weighted by molar-refractivity contribution is 6.11. The molecule has 0 N–H and O–H groups in total. The van der Waals surface area contributed by atoms with Crippen molar-refractivity contribution in [2.45, 2.75) is 19.8 Å². The molecule has 3 rings (SSSR count). The summed E-state index contributed by atoms with van der Waals surface area (Å²) in [6.07, 6.45) is 2.52. The first-order chi connectivity index (χ1) is 6.30. The molecule has 1 radical (unpaired) electrons. The minimum absolute atomic E-state index is 0.329. The van der Waals surface area contributed by atoms with Crippen LogP contribution in [0.25, 0.3) is 0 Å². The summed E-state index contributed by atoms with van der Waals surface area (Å²) in [5.74, 6) is 0. The van der Waals surface area contributed by atoms with Gasteiger partial charge in [-0.05, 0) is 18.9 Å². The van der Waals surface area contributed by atoms with Gasteiger partial charge >= 0.3 is 0 Å². The summed E-state index contributed by atoms with van der Waals surface area (Å²) < 4.78 is 0. The molecule has 1 heterocycles. The number of rotatable bonds is 1. The standard InChI is InChI=1S/C11H11N2/c1-11(6-7-11)10-8-4-2-3-5-9(8)12-13-10/h2-5H,6-7H2,1H3. The quantitative estimate of drug-likeness (QED) is 0.620. The predicted molar refractivity (Wildman–Crippen MR) is 52.1 cm³/mol. The van der Waals surface area contributed by atoms with E-state index in [9.17, 15) is 0 Å². The fourth-order valence-electron chi connectivity index (χ4n) is 1.79. The molecule has 1 aromatic rings. The first-order valence-electron chi connectivity index (χ1n) is 4.68. The normalized spacial score (nSPS) is 21.8. The van der Waals surface area contributed by atoms with Crippen molar-refractivity contribution in [1.82, 2.24) is 5.43 Å². The lowest BCUT2D eigenvalue weighted by molar-refractivity contribution is 0.796. The summed E-state index contributed by atoms with van der Waals surface area (Å²) in [6.45, 7) is 2.27. The molecule has 0 atom stereocenters. The van der Waals surface area contributed by atoms with Gasteiger partial charge in [-0.1, -0.05) is 25.1 Å². The first-order valence-corrected chi connectivity index (χ1v) is 4.68. The topological polar surface area (TPSA) is 26.5 Å². The Morgan fingerprint density at radius 2 is 2.00 bits per heavy atom. The van der Waals surface area contributed by atoms with Crippen molar-refractivity contribution in [1.29, 1.82) is 0 Å². The van der Waals surface area contributed by atoms with E-state index in [4.69, 9.17) is 0 Å². The van der Waals surface area contributed by atoms with Crippen LogP contribution in [-0.2, 0) is 0 Å². The molecular formula is C11H11N2. The van der Waals surface area contributed by atoms with Gasteiger partial charge in [-0.15, -0.1) is 0 Å². The van der Waals surface area contributed by atoms with Crippen LogP contribution in [0, 0.1) is 5.41 Å². The highest BCUT2D eigenvalue weighted by Gasteiger charge is 2.45. The van der Waals surface area contributed by atoms with Crippen molar-refractivity contribution in [2.75, 3.05) is 0 Å². The van der Waals surface area contributed by atoms with Gasteiger partial charge in [0.2, 0.25) is 0 Å². The maximum absolute atomic E-state index is 4.28. The third kappa shape index (κ3) is 0.916. The Kier molecular flexibility index (Phi) is 1.17. The molecule has 0 amide bonds. The van der Waals surface area contributed by atoms with E-state index in [1.807, 2.05) is 12.1 Å². The van der Waals surface area contributed by atoms with Crippen LogP contribution >= 0.6 is 0 Å². The zero-order valence-electron chi connectivity index (χ0n) is 7.62. The van der Waals surface area contributed by atoms with Gasteiger partial charge in [-0.2, -0.15) is 10.5 Å². The van der Waals surface area contributed by atoms with E-state index in [1.165, 1.54) is 24.1 Å². The Bertz CT molecular complexity index is 389. The van der Waals surface area contributed by atoms with E-state index < -0.39 is 0 Å². The molecular weight excluding hydrogens is 160 g/mol. The zero-order chi connectivity index (χ0) is 8.89. The molecule has 0 unspecified atom stereocenters. The van der Waals surface area contributed by atoms with Crippen LogP contribution in [0.15, 0.2) is 29.4 Å². The van der Waals surface area contributed by atoms with Gasteiger partial charge in [-0.3, -0.25) is 0 Å². The average molecular weight is 171 g/mol. The van der Waals surface area contributed by atoms with Crippen LogP contribution in [0.3, 0.4) is 0 Å². The molecule has 65 valence electrons. The van der Waals surface area contributed by atoms with E-state index in [0.29, 0.717) is 5.41 Å². The Morgan fingerprint density at radius 3 is 2.77 bits per heavy atom. The van der Waals surface area contributed by atoms with Crippen molar-refractivity contribution >= 4 is 11.4 Å². The summed E-state index contributed by atoms with van der Waals surface area (Å²) in [7, 11) is 0. The molecule has 13 heavy (non-hydrogen) atoms. The molecule has 2 aliphatic rings. The minimum atomic E-state index is 0.329. The fourth-order valence-corrected chi connectivity index (χ4v) is 1.79.